The fourth-order valence-corrected chi connectivity index (χ4v) is 4.50. The van der Waals surface area contributed by atoms with Gasteiger partial charge in [0.2, 0.25) is 0 Å². The lowest BCUT2D eigenvalue weighted by molar-refractivity contribution is 0.205. The van der Waals surface area contributed by atoms with Crippen molar-refractivity contribution in [2.75, 3.05) is 19.6 Å². The Balaban J connectivity index is 1.73. The molecule has 0 bridgehead atoms. The number of hydrogen-bond acceptors (Lipinski definition) is 2. The maximum Gasteiger partial charge on any atom is 0.0192 e. The first-order valence-electron chi connectivity index (χ1n) is 6.99. The van der Waals surface area contributed by atoms with Crippen LogP contribution in [0.15, 0.2) is 0 Å². The van der Waals surface area contributed by atoms with Crippen LogP contribution in [-0.2, 0) is 0 Å². The highest BCUT2D eigenvalue weighted by atomic mass is 15.1. The summed E-state index contributed by atoms with van der Waals surface area (Å²) in [6.45, 7) is 8.64. The summed E-state index contributed by atoms with van der Waals surface area (Å²) in [7, 11) is 0. The first-order chi connectivity index (χ1) is 7.54. The molecule has 92 valence electrons. The van der Waals surface area contributed by atoms with Gasteiger partial charge in [-0.3, -0.25) is 0 Å². The van der Waals surface area contributed by atoms with Crippen molar-refractivity contribution in [2.45, 2.75) is 57.9 Å². The van der Waals surface area contributed by atoms with Crippen LogP contribution >= 0.6 is 0 Å². The number of hydrogen-bond donors (Lipinski definition) is 2. The summed E-state index contributed by atoms with van der Waals surface area (Å²) in [6.07, 6.45) is 8.45. The predicted octanol–water partition coefficient (Wildman–Crippen LogP) is 2.30. The third-order valence-corrected chi connectivity index (χ3v) is 5.31. The molecule has 2 heteroatoms. The van der Waals surface area contributed by atoms with Crippen LogP contribution in [0.2, 0.25) is 0 Å². The van der Waals surface area contributed by atoms with Crippen molar-refractivity contribution in [2.24, 2.45) is 10.8 Å². The van der Waals surface area contributed by atoms with Crippen LogP contribution in [0.1, 0.15) is 52.4 Å². The van der Waals surface area contributed by atoms with E-state index in [0.29, 0.717) is 16.4 Å². The van der Waals surface area contributed by atoms with Gasteiger partial charge in [0, 0.05) is 12.1 Å². The van der Waals surface area contributed by atoms with Crippen molar-refractivity contribution in [3.63, 3.8) is 0 Å². The fraction of sp³-hybridized carbons (Fsp3) is 1.00. The summed E-state index contributed by atoms with van der Waals surface area (Å²) < 4.78 is 0. The van der Waals surface area contributed by atoms with E-state index in [2.05, 4.69) is 24.5 Å². The molecule has 2 nitrogen and oxygen atoms in total. The second-order valence-corrected chi connectivity index (χ2v) is 7.40. The molecule has 1 aliphatic carbocycles. The minimum absolute atomic E-state index is 0.515. The Kier molecular flexibility index (Phi) is 2.38. The Bertz CT molecular complexity index is 278. The van der Waals surface area contributed by atoms with E-state index in [0.717, 1.165) is 0 Å². The standard InChI is InChI=1S/C14H26N2/c1-12(2)3-4-14(9-12)10-13(11-16-14)5-7-15-8-6-13/h15-16H,3-11H2,1-2H3. The molecule has 2 heterocycles. The minimum Gasteiger partial charge on any atom is -0.317 e. The molecule has 2 spiro atoms. The van der Waals surface area contributed by atoms with E-state index >= 15 is 0 Å². The van der Waals surface area contributed by atoms with E-state index in [4.69, 9.17) is 0 Å². The zero-order chi connectivity index (χ0) is 11.3. The summed E-state index contributed by atoms with van der Waals surface area (Å²) in [5, 5.41) is 7.42. The Hall–Kier alpha value is -0.0800. The molecule has 0 aromatic rings. The van der Waals surface area contributed by atoms with Crippen molar-refractivity contribution in [3.05, 3.63) is 0 Å². The molecular weight excluding hydrogens is 196 g/mol. The van der Waals surface area contributed by atoms with Gasteiger partial charge in [0.15, 0.2) is 0 Å². The van der Waals surface area contributed by atoms with Crippen LogP contribution in [0.25, 0.3) is 0 Å². The van der Waals surface area contributed by atoms with E-state index in [1.807, 2.05) is 0 Å². The lowest BCUT2D eigenvalue weighted by Crippen LogP contribution is -2.38. The van der Waals surface area contributed by atoms with Crippen LogP contribution in [0.3, 0.4) is 0 Å². The molecule has 2 saturated heterocycles. The average molecular weight is 222 g/mol. The fourth-order valence-electron chi connectivity index (χ4n) is 4.50. The van der Waals surface area contributed by atoms with Gasteiger partial charge in [-0.15, -0.1) is 0 Å². The third kappa shape index (κ3) is 1.80. The maximum absolute atomic E-state index is 3.92. The van der Waals surface area contributed by atoms with Crippen LogP contribution in [0.5, 0.6) is 0 Å². The van der Waals surface area contributed by atoms with Gasteiger partial charge in [-0.1, -0.05) is 13.8 Å². The van der Waals surface area contributed by atoms with Crippen molar-refractivity contribution in [1.29, 1.82) is 0 Å². The van der Waals surface area contributed by atoms with Crippen LogP contribution in [-0.4, -0.2) is 25.2 Å². The SMILES string of the molecule is CC1(C)CCC2(C1)CC1(CCNCC1)CN2. The number of nitrogens with one attached hydrogen (secondary N) is 2. The maximum atomic E-state index is 3.92. The molecule has 0 radical (unpaired) electrons. The quantitative estimate of drug-likeness (QED) is 0.657. The monoisotopic (exact) mass is 222 g/mol. The lowest BCUT2D eigenvalue weighted by Gasteiger charge is -2.35. The highest BCUT2D eigenvalue weighted by Crippen LogP contribution is 2.53. The lowest BCUT2D eigenvalue weighted by atomic mass is 9.73. The highest BCUT2D eigenvalue weighted by Gasteiger charge is 2.52. The molecular formula is C14H26N2. The molecule has 2 aliphatic heterocycles. The van der Waals surface area contributed by atoms with E-state index in [9.17, 15) is 0 Å². The van der Waals surface area contributed by atoms with Gasteiger partial charge in [-0.25, -0.2) is 0 Å². The second kappa shape index (κ2) is 3.46. The molecule has 3 aliphatic rings. The molecule has 2 N–H and O–H groups in total. The molecule has 1 atom stereocenters. The van der Waals surface area contributed by atoms with E-state index in [1.54, 1.807) is 0 Å². The van der Waals surface area contributed by atoms with Crippen molar-refractivity contribution < 1.29 is 0 Å². The smallest absolute Gasteiger partial charge is 0.0192 e. The predicted molar refractivity (Wildman–Crippen MR) is 67.5 cm³/mol. The number of rotatable bonds is 0. The van der Waals surface area contributed by atoms with Gasteiger partial charge in [-0.2, -0.15) is 0 Å². The first kappa shape index (κ1) is 11.0. The van der Waals surface area contributed by atoms with Gasteiger partial charge in [0.05, 0.1) is 0 Å². The van der Waals surface area contributed by atoms with Crippen LogP contribution in [0.4, 0.5) is 0 Å². The van der Waals surface area contributed by atoms with E-state index in [1.165, 1.54) is 58.2 Å². The summed E-state index contributed by atoms with van der Waals surface area (Å²) >= 11 is 0. The minimum atomic E-state index is 0.515. The summed E-state index contributed by atoms with van der Waals surface area (Å²) in [6, 6.07) is 0. The van der Waals surface area contributed by atoms with Crippen molar-refractivity contribution >= 4 is 0 Å². The topological polar surface area (TPSA) is 24.1 Å². The normalized spacial score (nSPS) is 40.9. The summed E-state index contributed by atoms with van der Waals surface area (Å²) in [5.41, 5.74) is 1.73. The molecule has 16 heavy (non-hydrogen) atoms. The van der Waals surface area contributed by atoms with Crippen molar-refractivity contribution in [3.8, 4) is 0 Å². The second-order valence-electron chi connectivity index (χ2n) is 7.40. The largest absolute Gasteiger partial charge is 0.317 e. The van der Waals surface area contributed by atoms with Crippen molar-refractivity contribution in [1.82, 2.24) is 10.6 Å². The zero-order valence-corrected chi connectivity index (χ0v) is 10.9. The highest BCUT2D eigenvalue weighted by molar-refractivity contribution is 5.10. The van der Waals surface area contributed by atoms with Crippen LogP contribution < -0.4 is 10.6 Å². The molecule has 0 amide bonds. The Morgan fingerprint density at radius 2 is 1.62 bits per heavy atom. The van der Waals surface area contributed by atoms with Gasteiger partial charge < -0.3 is 10.6 Å². The molecule has 0 aromatic carbocycles. The Morgan fingerprint density at radius 1 is 0.875 bits per heavy atom. The third-order valence-electron chi connectivity index (χ3n) is 5.31. The zero-order valence-electron chi connectivity index (χ0n) is 10.9. The Labute approximate surface area is 99.6 Å². The Morgan fingerprint density at radius 3 is 2.25 bits per heavy atom. The van der Waals surface area contributed by atoms with Gasteiger partial charge >= 0.3 is 0 Å². The molecule has 3 rings (SSSR count). The number of piperidine rings is 1. The van der Waals surface area contributed by atoms with Crippen LogP contribution in [0, 0.1) is 10.8 Å². The summed E-state index contributed by atoms with van der Waals surface area (Å²) in [5.74, 6) is 0. The van der Waals surface area contributed by atoms with Gasteiger partial charge in [0.25, 0.3) is 0 Å². The molecule has 3 fully saturated rings. The van der Waals surface area contributed by atoms with E-state index < -0.39 is 0 Å². The summed E-state index contributed by atoms with van der Waals surface area (Å²) in [4.78, 5) is 0. The average Bonchev–Trinajstić information content (AvgIpc) is 2.71. The molecule has 1 saturated carbocycles. The molecule has 1 unspecified atom stereocenters. The first-order valence-corrected chi connectivity index (χ1v) is 6.99. The molecule has 0 aromatic heterocycles. The van der Waals surface area contributed by atoms with E-state index in [-0.39, 0.29) is 0 Å². The van der Waals surface area contributed by atoms with Gasteiger partial charge in [-0.05, 0) is 62.4 Å². The van der Waals surface area contributed by atoms with Gasteiger partial charge in [0.1, 0.15) is 0 Å².